The molecular weight excluding hydrogens is 422 g/mol. The summed E-state index contributed by atoms with van der Waals surface area (Å²) in [6.07, 6.45) is 0.137. The maximum absolute atomic E-state index is 12.8. The molecule has 0 fully saturated rings. The van der Waals surface area contributed by atoms with Crippen molar-refractivity contribution in [1.29, 1.82) is 5.26 Å². The largest absolute Gasteiger partial charge is 0.456 e. The van der Waals surface area contributed by atoms with Crippen LogP contribution in [0.1, 0.15) is 39.1 Å². The zero-order valence-corrected chi connectivity index (χ0v) is 17.5. The Morgan fingerprint density at radius 3 is 2.27 bits per heavy atom. The van der Waals surface area contributed by atoms with Crippen molar-refractivity contribution in [3.05, 3.63) is 77.4 Å². The molecule has 0 saturated heterocycles. The number of imide groups is 1. The summed E-state index contributed by atoms with van der Waals surface area (Å²) in [5, 5.41) is 13.0. The van der Waals surface area contributed by atoms with Gasteiger partial charge >= 0.3 is 5.97 Å². The van der Waals surface area contributed by atoms with Crippen LogP contribution in [0.15, 0.2) is 60.7 Å². The van der Waals surface area contributed by atoms with Crippen LogP contribution < -0.4 is 5.32 Å². The molecule has 33 heavy (non-hydrogen) atoms. The van der Waals surface area contributed by atoms with Crippen molar-refractivity contribution in [1.82, 2.24) is 4.90 Å². The SMILES string of the molecule is N#Cc1ccccc1NC(=O)COC(=O)CCCN1C(=O)c2cccc3cccc(c23)C1=O. The minimum absolute atomic E-state index is 0.0548. The lowest BCUT2D eigenvalue weighted by Crippen LogP contribution is -2.41. The second-order valence-corrected chi connectivity index (χ2v) is 7.44. The molecule has 0 atom stereocenters. The number of carbonyl (C=O) groups is 4. The van der Waals surface area contributed by atoms with Gasteiger partial charge in [0.2, 0.25) is 0 Å². The highest BCUT2D eigenvalue weighted by atomic mass is 16.5. The number of anilines is 1. The number of benzene rings is 3. The maximum atomic E-state index is 12.8. The van der Waals surface area contributed by atoms with Crippen LogP contribution in [0.3, 0.4) is 0 Å². The number of ether oxygens (including phenoxy) is 1. The monoisotopic (exact) mass is 441 g/mol. The fourth-order valence-electron chi connectivity index (χ4n) is 3.76. The summed E-state index contributed by atoms with van der Waals surface area (Å²) in [5.41, 5.74) is 1.54. The van der Waals surface area contributed by atoms with E-state index in [1.54, 1.807) is 48.5 Å². The Balaban J connectivity index is 1.29. The predicted octanol–water partition coefficient (Wildman–Crippen LogP) is 3.27. The highest BCUT2D eigenvalue weighted by Crippen LogP contribution is 2.30. The topological polar surface area (TPSA) is 117 Å². The molecule has 0 bridgehead atoms. The van der Waals surface area contributed by atoms with E-state index in [0.717, 1.165) is 10.3 Å². The summed E-state index contributed by atoms with van der Waals surface area (Å²) < 4.78 is 4.97. The number of rotatable bonds is 7. The van der Waals surface area contributed by atoms with Gasteiger partial charge in [0.15, 0.2) is 6.61 Å². The van der Waals surface area contributed by atoms with Crippen LogP contribution in [0.25, 0.3) is 10.8 Å². The molecule has 1 aliphatic heterocycles. The van der Waals surface area contributed by atoms with Crippen LogP contribution in [0.2, 0.25) is 0 Å². The smallest absolute Gasteiger partial charge is 0.306 e. The van der Waals surface area contributed by atoms with E-state index in [0.29, 0.717) is 27.8 Å². The summed E-state index contributed by atoms with van der Waals surface area (Å²) >= 11 is 0. The quantitative estimate of drug-likeness (QED) is 0.444. The second-order valence-electron chi connectivity index (χ2n) is 7.44. The van der Waals surface area contributed by atoms with Crippen LogP contribution in [0.5, 0.6) is 0 Å². The van der Waals surface area contributed by atoms with Gasteiger partial charge in [0.1, 0.15) is 6.07 Å². The molecule has 0 radical (unpaired) electrons. The van der Waals surface area contributed by atoms with Gasteiger partial charge in [-0.2, -0.15) is 5.26 Å². The van der Waals surface area contributed by atoms with E-state index >= 15 is 0 Å². The maximum Gasteiger partial charge on any atom is 0.306 e. The molecule has 3 amide bonds. The van der Waals surface area contributed by atoms with Crippen molar-refractivity contribution in [2.24, 2.45) is 0 Å². The van der Waals surface area contributed by atoms with Gasteiger partial charge in [0.25, 0.3) is 17.7 Å². The summed E-state index contributed by atoms with van der Waals surface area (Å²) in [7, 11) is 0. The minimum atomic E-state index is -0.627. The summed E-state index contributed by atoms with van der Waals surface area (Å²) in [5.74, 6) is -1.99. The number of carbonyl (C=O) groups excluding carboxylic acids is 4. The predicted molar refractivity (Wildman–Crippen MR) is 119 cm³/mol. The first-order valence-electron chi connectivity index (χ1n) is 10.3. The zero-order valence-electron chi connectivity index (χ0n) is 17.5. The van der Waals surface area contributed by atoms with E-state index in [1.807, 2.05) is 18.2 Å². The molecule has 0 saturated carbocycles. The number of nitrogens with zero attached hydrogens (tertiary/aromatic N) is 2. The van der Waals surface area contributed by atoms with Crippen molar-refractivity contribution in [2.45, 2.75) is 12.8 Å². The second kappa shape index (κ2) is 9.32. The molecule has 3 aromatic rings. The molecule has 1 N–H and O–H groups in total. The van der Waals surface area contributed by atoms with Crippen molar-refractivity contribution in [3.63, 3.8) is 0 Å². The fourth-order valence-corrected chi connectivity index (χ4v) is 3.76. The van der Waals surface area contributed by atoms with E-state index in [9.17, 15) is 19.2 Å². The lowest BCUT2D eigenvalue weighted by molar-refractivity contribution is -0.147. The minimum Gasteiger partial charge on any atom is -0.456 e. The van der Waals surface area contributed by atoms with Gasteiger partial charge in [0.05, 0.1) is 11.3 Å². The van der Waals surface area contributed by atoms with Crippen molar-refractivity contribution >= 4 is 40.2 Å². The molecular formula is C25H19N3O5. The van der Waals surface area contributed by atoms with Crippen molar-refractivity contribution in [3.8, 4) is 6.07 Å². The Morgan fingerprint density at radius 1 is 0.939 bits per heavy atom. The van der Waals surface area contributed by atoms with Crippen molar-refractivity contribution in [2.75, 3.05) is 18.5 Å². The van der Waals surface area contributed by atoms with Crippen LogP contribution >= 0.6 is 0 Å². The van der Waals surface area contributed by atoms with E-state index in [-0.39, 0.29) is 19.4 Å². The molecule has 0 spiro atoms. The first-order valence-corrected chi connectivity index (χ1v) is 10.3. The summed E-state index contributed by atoms with van der Waals surface area (Å²) in [6, 6.07) is 19.0. The Hall–Kier alpha value is -4.51. The van der Waals surface area contributed by atoms with Gasteiger partial charge in [-0.25, -0.2) is 0 Å². The normalized spacial score (nSPS) is 12.4. The van der Waals surface area contributed by atoms with Crippen LogP contribution in [0, 0.1) is 11.3 Å². The van der Waals surface area contributed by atoms with E-state index in [2.05, 4.69) is 5.32 Å². The van der Waals surface area contributed by atoms with E-state index < -0.39 is 30.3 Å². The molecule has 4 rings (SSSR count). The van der Waals surface area contributed by atoms with Crippen molar-refractivity contribution < 1.29 is 23.9 Å². The van der Waals surface area contributed by atoms with Gasteiger partial charge in [-0.15, -0.1) is 0 Å². The average Bonchev–Trinajstić information content (AvgIpc) is 2.83. The van der Waals surface area contributed by atoms with Crippen LogP contribution in [-0.4, -0.2) is 41.7 Å². The number of hydrogen-bond acceptors (Lipinski definition) is 6. The highest BCUT2D eigenvalue weighted by molar-refractivity contribution is 6.25. The van der Waals surface area contributed by atoms with E-state index in [4.69, 9.17) is 10.00 Å². The molecule has 0 aromatic heterocycles. The molecule has 0 unspecified atom stereocenters. The van der Waals surface area contributed by atoms with Gasteiger partial charge in [0, 0.05) is 29.5 Å². The molecule has 3 aromatic carbocycles. The molecule has 0 aliphatic carbocycles. The molecule has 8 heteroatoms. The number of nitrogens with one attached hydrogen (secondary N) is 1. The Kier molecular flexibility index (Phi) is 6.13. The third-order valence-corrected chi connectivity index (χ3v) is 5.30. The molecule has 8 nitrogen and oxygen atoms in total. The Bertz CT molecular complexity index is 1270. The van der Waals surface area contributed by atoms with Gasteiger partial charge in [-0.05, 0) is 36.1 Å². The Morgan fingerprint density at radius 2 is 1.61 bits per heavy atom. The number of nitriles is 1. The first-order chi connectivity index (χ1) is 16.0. The van der Waals surface area contributed by atoms with Gasteiger partial charge in [-0.3, -0.25) is 24.1 Å². The van der Waals surface area contributed by atoms with Crippen LogP contribution in [0.4, 0.5) is 5.69 Å². The molecule has 1 heterocycles. The van der Waals surface area contributed by atoms with E-state index in [1.165, 1.54) is 0 Å². The lowest BCUT2D eigenvalue weighted by atomic mass is 9.94. The average molecular weight is 441 g/mol. The third-order valence-electron chi connectivity index (χ3n) is 5.30. The highest BCUT2D eigenvalue weighted by Gasteiger charge is 2.32. The molecule has 1 aliphatic rings. The lowest BCUT2D eigenvalue weighted by Gasteiger charge is -2.27. The number of para-hydroxylation sites is 1. The van der Waals surface area contributed by atoms with Gasteiger partial charge in [-0.1, -0.05) is 36.4 Å². The summed E-state index contributed by atoms with van der Waals surface area (Å²) in [4.78, 5) is 50.9. The number of hydrogen-bond donors (Lipinski definition) is 1. The Labute approximate surface area is 189 Å². The number of esters is 1. The summed E-state index contributed by atoms with van der Waals surface area (Å²) in [6.45, 7) is -0.450. The molecule has 164 valence electrons. The number of amides is 3. The standard InChI is InChI=1S/C25H19N3O5/c26-14-17-6-1-2-11-20(17)27-21(29)15-33-22(30)12-5-13-28-24(31)18-9-3-7-16-8-4-10-19(23(16)18)25(28)32/h1-4,6-11H,5,12-13,15H2,(H,27,29). The fraction of sp³-hybridized carbons (Fsp3) is 0.160. The zero-order chi connectivity index (χ0) is 23.4. The first kappa shape index (κ1) is 21.7. The van der Waals surface area contributed by atoms with Gasteiger partial charge < -0.3 is 10.1 Å². The van der Waals surface area contributed by atoms with Crippen LogP contribution in [-0.2, 0) is 14.3 Å². The third kappa shape index (κ3) is 4.43.